The largest absolute Gasteiger partial charge is 0.481 e. The Morgan fingerprint density at radius 3 is 2.32 bits per heavy atom. The Bertz CT molecular complexity index is 558. The van der Waals surface area contributed by atoms with E-state index < -0.39 is 21.1 Å². The molecule has 0 unspecified atom stereocenters. The third kappa shape index (κ3) is 4.28. The molecular formula is C12H19NO4S2. The van der Waals surface area contributed by atoms with Crippen molar-refractivity contribution < 1.29 is 18.3 Å². The molecule has 0 saturated heterocycles. The van der Waals surface area contributed by atoms with E-state index in [0.29, 0.717) is 15.6 Å². The molecule has 0 aliphatic heterocycles. The topological polar surface area (TPSA) is 84.3 Å². The number of thiazole rings is 1. The standard InChI is InChI=1S/C12H19NO4S2/c1-7(2)12-9(5-11(14)15)18-10(13-12)6-19(16,17)8(3)4/h7-8H,5-6H2,1-4H3,(H,14,15). The number of rotatable bonds is 6. The van der Waals surface area contributed by atoms with Crippen LogP contribution in [0.5, 0.6) is 0 Å². The monoisotopic (exact) mass is 305 g/mol. The van der Waals surface area contributed by atoms with Crippen LogP contribution in [-0.2, 0) is 26.8 Å². The minimum atomic E-state index is -3.21. The number of aliphatic carboxylic acids is 1. The molecule has 0 amide bonds. The van der Waals surface area contributed by atoms with Gasteiger partial charge in [-0.05, 0) is 19.8 Å². The number of hydrogen-bond acceptors (Lipinski definition) is 5. The molecule has 108 valence electrons. The number of carboxylic acid groups (broad SMARTS) is 1. The lowest BCUT2D eigenvalue weighted by molar-refractivity contribution is -0.136. The average Bonchev–Trinajstić information content (AvgIpc) is 2.58. The van der Waals surface area contributed by atoms with E-state index in [4.69, 9.17) is 5.11 Å². The molecule has 1 N–H and O–H groups in total. The zero-order chi connectivity index (χ0) is 14.8. The maximum absolute atomic E-state index is 11.9. The van der Waals surface area contributed by atoms with E-state index >= 15 is 0 Å². The minimum Gasteiger partial charge on any atom is -0.481 e. The van der Waals surface area contributed by atoms with E-state index in [-0.39, 0.29) is 18.1 Å². The van der Waals surface area contributed by atoms with Gasteiger partial charge < -0.3 is 5.11 Å². The van der Waals surface area contributed by atoms with Gasteiger partial charge in [0.1, 0.15) is 10.8 Å². The van der Waals surface area contributed by atoms with Gasteiger partial charge in [0.05, 0.1) is 17.4 Å². The minimum absolute atomic E-state index is 0.0844. The van der Waals surface area contributed by atoms with Crippen molar-refractivity contribution in [1.29, 1.82) is 0 Å². The molecule has 0 radical (unpaired) electrons. The molecule has 1 rings (SSSR count). The lowest BCUT2D eigenvalue weighted by atomic mass is 10.1. The molecular weight excluding hydrogens is 286 g/mol. The SMILES string of the molecule is CC(C)c1nc(CS(=O)(=O)C(C)C)sc1CC(=O)O. The lowest BCUT2D eigenvalue weighted by Crippen LogP contribution is -2.15. The number of sulfone groups is 1. The second-order valence-electron chi connectivity index (χ2n) is 5.00. The Balaban J connectivity index is 3.08. The molecule has 0 saturated carbocycles. The lowest BCUT2D eigenvalue weighted by Gasteiger charge is -2.04. The molecule has 0 fully saturated rings. The highest BCUT2D eigenvalue weighted by atomic mass is 32.2. The van der Waals surface area contributed by atoms with Crippen LogP contribution in [-0.4, -0.2) is 29.7 Å². The fraction of sp³-hybridized carbons (Fsp3) is 0.667. The molecule has 0 aliphatic carbocycles. The third-order valence-corrected chi connectivity index (χ3v) is 6.04. The van der Waals surface area contributed by atoms with Crippen molar-refractivity contribution in [2.75, 3.05) is 0 Å². The number of carbonyl (C=O) groups is 1. The van der Waals surface area contributed by atoms with Gasteiger partial charge in [-0.15, -0.1) is 11.3 Å². The van der Waals surface area contributed by atoms with Crippen LogP contribution in [0.1, 0.15) is 49.2 Å². The van der Waals surface area contributed by atoms with Crippen LogP contribution in [0.4, 0.5) is 0 Å². The van der Waals surface area contributed by atoms with Crippen LogP contribution in [0.2, 0.25) is 0 Å². The van der Waals surface area contributed by atoms with E-state index in [9.17, 15) is 13.2 Å². The van der Waals surface area contributed by atoms with Crippen LogP contribution in [0, 0.1) is 0 Å². The highest BCUT2D eigenvalue weighted by Crippen LogP contribution is 2.27. The maximum Gasteiger partial charge on any atom is 0.308 e. The van der Waals surface area contributed by atoms with Gasteiger partial charge in [-0.2, -0.15) is 0 Å². The summed E-state index contributed by atoms with van der Waals surface area (Å²) >= 11 is 1.19. The Labute approximate surface area is 117 Å². The van der Waals surface area contributed by atoms with Gasteiger partial charge in [-0.25, -0.2) is 13.4 Å². The fourth-order valence-electron chi connectivity index (χ4n) is 1.53. The Kier molecular flexibility index (Phi) is 5.09. The van der Waals surface area contributed by atoms with Crippen LogP contribution in [0.15, 0.2) is 0 Å². The van der Waals surface area contributed by atoms with Crippen LogP contribution in [0.25, 0.3) is 0 Å². The summed E-state index contributed by atoms with van der Waals surface area (Å²) in [5.41, 5.74) is 0.696. The summed E-state index contributed by atoms with van der Waals surface area (Å²) in [5.74, 6) is -0.959. The molecule has 5 nitrogen and oxygen atoms in total. The van der Waals surface area contributed by atoms with Crippen molar-refractivity contribution in [3.8, 4) is 0 Å². The van der Waals surface area contributed by atoms with Gasteiger partial charge in [0.25, 0.3) is 0 Å². The van der Waals surface area contributed by atoms with Gasteiger partial charge in [-0.3, -0.25) is 4.79 Å². The van der Waals surface area contributed by atoms with E-state index in [1.165, 1.54) is 11.3 Å². The molecule has 19 heavy (non-hydrogen) atoms. The van der Waals surface area contributed by atoms with E-state index in [1.807, 2.05) is 13.8 Å². The summed E-state index contributed by atoms with van der Waals surface area (Å²) in [6.45, 7) is 7.09. The first-order chi connectivity index (χ1) is 8.63. The summed E-state index contributed by atoms with van der Waals surface area (Å²) in [4.78, 5) is 15.8. The van der Waals surface area contributed by atoms with Gasteiger partial charge in [0.2, 0.25) is 0 Å². The predicted molar refractivity (Wildman–Crippen MR) is 75.3 cm³/mol. The van der Waals surface area contributed by atoms with E-state index in [0.717, 1.165) is 0 Å². The van der Waals surface area contributed by atoms with Gasteiger partial charge in [-0.1, -0.05) is 13.8 Å². The third-order valence-electron chi connectivity index (χ3n) is 2.67. The quantitative estimate of drug-likeness (QED) is 0.871. The molecule has 0 spiro atoms. The first-order valence-electron chi connectivity index (χ1n) is 6.05. The number of aromatic nitrogens is 1. The fourth-order valence-corrected chi connectivity index (χ4v) is 4.01. The number of nitrogens with zero attached hydrogens (tertiary/aromatic N) is 1. The van der Waals surface area contributed by atoms with Crippen LogP contribution >= 0.6 is 11.3 Å². The van der Waals surface area contributed by atoms with Crippen molar-refractivity contribution in [2.24, 2.45) is 0 Å². The highest BCUT2D eigenvalue weighted by molar-refractivity contribution is 7.91. The second kappa shape index (κ2) is 6.00. The summed E-state index contributed by atoms with van der Waals surface area (Å²) in [5, 5.41) is 8.89. The summed E-state index contributed by atoms with van der Waals surface area (Å²) in [6, 6.07) is 0. The van der Waals surface area contributed by atoms with E-state index in [1.54, 1.807) is 13.8 Å². The number of hydrogen-bond donors (Lipinski definition) is 1. The summed E-state index contributed by atoms with van der Waals surface area (Å²) in [7, 11) is -3.21. The van der Waals surface area contributed by atoms with Gasteiger partial charge in [0.15, 0.2) is 9.84 Å². The zero-order valence-corrected chi connectivity index (χ0v) is 13.1. The Morgan fingerprint density at radius 1 is 1.32 bits per heavy atom. The Hall–Kier alpha value is -0.950. The molecule has 0 atom stereocenters. The van der Waals surface area contributed by atoms with Crippen LogP contribution < -0.4 is 0 Å². The smallest absolute Gasteiger partial charge is 0.308 e. The molecule has 1 aromatic rings. The van der Waals surface area contributed by atoms with Gasteiger partial charge >= 0.3 is 5.97 Å². The zero-order valence-electron chi connectivity index (χ0n) is 11.5. The second-order valence-corrected chi connectivity index (χ2v) is 8.72. The maximum atomic E-state index is 11.9. The van der Waals surface area contributed by atoms with E-state index in [2.05, 4.69) is 4.98 Å². The molecule has 0 bridgehead atoms. The van der Waals surface area contributed by atoms with Crippen molar-refractivity contribution in [3.63, 3.8) is 0 Å². The van der Waals surface area contributed by atoms with Crippen molar-refractivity contribution >= 4 is 27.1 Å². The van der Waals surface area contributed by atoms with Crippen LogP contribution in [0.3, 0.4) is 0 Å². The number of carboxylic acids is 1. The molecule has 7 heteroatoms. The highest BCUT2D eigenvalue weighted by Gasteiger charge is 2.22. The predicted octanol–water partition coefficient (Wildman–Crippen LogP) is 2.22. The van der Waals surface area contributed by atoms with Crippen molar-refractivity contribution in [1.82, 2.24) is 4.98 Å². The normalized spacial score (nSPS) is 12.3. The molecule has 1 aromatic heterocycles. The molecule has 0 aliphatic rings. The van der Waals surface area contributed by atoms with Crippen molar-refractivity contribution in [3.05, 3.63) is 15.6 Å². The van der Waals surface area contributed by atoms with Gasteiger partial charge in [0, 0.05) is 4.88 Å². The summed E-state index contributed by atoms with van der Waals surface area (Å²) < 4.78 is 23.7. The molecule has 0 aromatic carbocycles. The Morgan fingerprint density at radius 2 is 1.89 bits per heavy atom. The summed E-state index contributed by atoms with van der Waals surface area (Å²) in [6.07, 6.45) is -0.104. The van der Waals surface area contributed by atoms with Crippen molar-refractivity contribution in [2.45, 2.75) is 51.0 Å². The average molecular weight is 305 g/mol. The molecule has 1 heterocycles. The first kappa shape index (κ1) is 16.1. The first-order valence-corrected chi connectivity index (χ1v) is 8.58.